The van der Waals surface area contributed by atoms with E-state index in [-0.39, 0.29) is 16.7 Å². The Morgan fingerprint density at radius 2 is 2.29 bits per heavy atom. The summed E-state index contributed by atoms with van der Waals surface area (Å²) in [5.41, 5.74) is 5.20. The minimum Gasteiger partial charge on any atom is -0.368 e. The number of hydrogen-bond acceptors (Lipinski definition) is 9. The molecule has 17 heavy (non-hydrogen) atoms. The molecule has 10 heteroatoms. The number of aryl methyl sites for hydroxylation is 1. The number of anilines is 1. The van der Waals surface area contributed by atoms with Crippen LogP contribution in [0.4, 0.5) is 11.6 Å². The Balaban J connectivity index is 2.37. The average molecular weight is 270 g/mol. The lowest BCUT2D eigenvalue weighted by Crippen LogP contribution is -2.00. The summed E-state index contributed by atoms with van der Waals surface area (Å²) in [6.45, 7) is 1.74. The summed E-state index contributed by atoms with van der Waals surface area (Å²) in [4.78, 5) is 21.7. The van der Waals surface area contributed by atoms with Crippen LogP contribution < -0.4 is 5.73 Å². The van der Waals surface area contributed by atoms with E-state index >= 15 is 0 Å². The van der Waals surface area contributed by atoms with Gasteiger partial charge >= 0.3 is 5.69 Å². The fourth-order valence-electron chi connectivity index (χ4n) is 0.975. The van der Waals surface area contributed by atoms with E-state index in [0.29, 0.717) is 10.2 Å². The van der Waals surface area contributed by atoms with E-state index in [1.165, 1.54) is 0 Å². The molecule has 88 valence electrons. The van der Waals surface area contributed by atoms with Gasteiger partial charge in [0.25, 0.3) is 0 Å². The van der Waals surface area contributed by atoms with Crippen LogP contribution in [0.15, 0.2) is 15.6 Å². The Morgan fingerprint density at radius 3 is 2.88 bits per heavy atom. The van der Waals surface area contributed by atoms with Crippen molar-refractivity contribution >= 4 is 34.9 Å². The normalized spacial score (nSPS) is 10.4. The van der Waals surface area contributed by atoms with E-state index < -0.39 is 4.92 Å². The first kappa shape index (κ1) is 11.7. The van der Waals surface area contributed by atoms with E-state index in [2.05, 4.69) is 19.3 Å². The number of hydrogen-bond donors (Lipinski definition) is 1. The number of rotatable bonds is 3. The van der Waals surface area contributed by atoms with Crippen LogP contribution in [0.25, 0.3) is 0 Å². The first-order chi connectivity index (χ1) is 8.06. The molecular formula is C7H6N6O2S2. The first-order valence-electron chi connectivity index (χ1n) is 4.31. The molecule has 0 bridgehead atoms. The summed E-state index contributed by atoms with van der Waals surface area (Å²) >= 11 is 2.20. The first-order valence-corrected chi connectivity index (χ1v) is 5.90. The maximum atomic E-state index is 10.8. The Kier molecular flexibility index (Phi) is 3.15. The van der Waals surface area contributed by atoms with Gasteiger partial charge in [-0.2, -0.15) is 9.36 Å². The Hall–Kier alpha value is -1.81. The van der Waals surface area contributed by atoms with Gasteiger partial charge in [0.1, 0.15) is 12.0 Å². The third-order valence-corrected chi connectivity index (χ3v) is 3.48. The molecule has 0 aliphatic carbocycles. The van der Waals surface area contributed by atoms with Gasteiger partial charge in [-0.25, -0.2) is 9.97 Å². The molecule has 0 spiro atoms. The van der Waals surface area contributed by atoms with Crippen molar-refractivity contribution in [1.29, 1.82) is 0 Å². The lowest BCUT2D eigenvalue weighted by atomic mass is 10.5. The second kappa shape index (κ2) is 4.59. The van der Waals surface area contributed by atoms with Gasteiger partial charge in [-0.3, -0.25) is 10.1 Å². The Morgan fingerprint density at radius 1 is 1.53 bits per heavy atom. The second-order valence-electron chi connectivity index (χ2n) is 2.89. The topological polar surface area (TPSA) is 121 Å². The lowest BCUT2D eigenvalue weighted by Gasteiger charge is -1.99. The molecule has 2 aromatic rings. The molecule has 0 atom stereocenters. The van der Waals surface area contributed by atoms with Crippen LogP contribution in [0, 0.1) is 17.0 Å². The van der Waals surface area contributed by atoms with Crippen LogP contribution in [-0.2, 0) is 0 Å². The number of nitro groups is 1. The molecule has 0 saturated heterocycles. The molecule has 0 unspecified atom stereocenters. The van der Waals surface area contributed by atoms with Gasteiger partial charge in [0.05, 0.1) is 4.92 Å². The summed E-state index contributed by atoms with van der Waals surface area (Å²) in [7, 11) is 0. The van der Waals surface area contributed by atoms with E-state index in [1.807, 2.05) is 0 Å². The molecule has 0 aromatic carbocycles. The molecule has 0 saturated carbocycles. The van der Waals surface area contributed by atoms with Gasteiger partial charge in [0.15, 0.2) is 9.37 Å². The van der Waals surface area contributed by atoms with Crippen molar-refractivity contribution in [3.63, 3.8) is 0 Å². The van der Waals surface area contributed by atoms with Gasteiger partial charge < -0.3 is 5.73 Å². The van der Waals surface area contributed by atoms with Gasteiger partial charge in [0.2, 0.25) is 5.95 Å². The van der Waals surface area contributed by atoms with Crippen LogP contribution in [-0.4, -0.2) is 24.2 Å². The SMILES string of the molecule is Cc1nsc(Sc2nc(N)ncc2[N+](=O)[O-])n1. The fraction of sp³-hybridized carbons (Fsp3) is 0.143. The van der Waals surface area contributed by atoms with Crippen LogP contribution in [0.5, 0.6) is 0 Å². The minimum atomic E-state index is -0.560. The van der Waals surface area contributed by atoms with E-state index in [0.717, 1.165) is 29.5 Å². The van der Waals surface area contributed by atoms with E-state index in [1.54, 1.807) is 6.92 Å². The summed E-state index contributed by atoms with van der Waals surface area (Å²) in [6.07, 6.45) is 1.08. The third-order valence-electron chi connectivity index (χ3n) is 1.64. The maximum absolute atomic E-state index is 10.8. The Labute approximate surface area is 104 Å². The largest absolute Gasteiger partial charge is 0.368 e. The van der Waals surface area contributed by atoms with Crippen LogP contribution in [0.3, 0.4) is 0 Å². The molecule has 2 heterocycles. The number of nitrogens with two attached hydrogens (primary N) is 1. The zero-order chi connectivity index (χ0) is 12.4. The average Bonchev–Trinajstić information content (AvgIpc) is 2.63. The van der Waals surface area contributed by atoms with Gasteiger partial charge in [-0.15, -0.1) is 0 Å². The van der Waals surface area contributed by atoms with Crippen molar-refractivity contribution in [2.75, 3.05) is 5.73 Å². The van der Waals surface area contributed by atoms with E-state index in [9.17, 15) is 10.1 Å². The van der Waals surface area contributed by atoms with Crippen molar-refractivity contribution in [2.45, 2.75) is 16.3 Å². The molecule has 2 rings (SSSR count). The highest BCUT2D eigenvalue weighted by Crippen LogP contribution is 2.33. The molecule has 2 N–H and O–H groups in total. The zero-order valence-electron chi connectivity index (χ0n) is 8.52. The van der Waals surface area contributed by atoms with E-state index in [4.69, 9.17) is 5.73 Å². The summed E-state index contributed by atoms with van der Waals surface area (Å²) < 4.78 is 4.55. The van der Waals surface area contributed by atoms with Crippen LogP contribution in [0.2, 0.25) is 0 Å². The highest BCUT2D eigenvalue weighted by Gasteiger charge is 2.19. The third kappa shape index (κ3) is 2.65. The highest BCUT2D eigenvalue weighted by molar-refractivity contribution is 8.01. The summed E-state index contributed by atoms with van der Waals surface area (Å²) in [5, 5.41) is 10.9. The van der Waals surface area contributed by atoms with Crippen molar-refractivity contribution in [2.24, 2.45) is 0 Å². The fourth-order valence-corrected chi connectivity index (χ4v) is 2.61. The molecule has 0 aliphatic heterocycles. The number of aromatic nitrogens is 4. The predicted octanol–water partition coefficient (Wildman–Crippen LogP) is 1.28. The minimum absolute atomic E-state index is 0.0145. The van der Waals surface area contributed by atoms with Gasteiger partial charge in [0, 0.05) is 0 Å². The van der Waals surface area contributed by atoms with Crippen LogP contribution in [0.1, 0.15) is 5.82 Å². The number of nitrogen functional groups attached to an aromatic ring is 1. The zero-order valence-corrected chi connectivity index (χ0v) is 10.2. The Bertz CT molecular complexity index is 571. The summed E-state index contributed by atoms with van der Waals surface area (Å²) in [5.74, 6) is 0.599. The van der Waals surface area contributed by atoms with Gasteiger partial charge in [-0.05, 0) is 30.2 Å². The van der Waals surface area contributed by atoms with Crippen molar-refractivity contribution in [1.82, 2.24) is 19.3 Å². The van der Waals surface area contributed by atoms with Crippen molar-refractivity contribution in [3.05, 3.63) is 22.1 Å². The number of nitrogens with zero attached hydrogens (tertiary/aromatic N) is 5. The molecule has 0 amide bonds. The monoisotopic (exact) mass is 270 g/mol. The quantitative estimate of drug-likeness (QED) is 0.503. The smallest absolute Gasteiger partial charge is 0.320 e. The predicted molar refractivity (Wildman–Crippen MR) is 61.9 cm³/mol. The molecular weight excluding hydrogens is 264 g/mol. The molecule has 0 radical (unpaired) electrons. The van der Waals surface area contributed by atoms with Crippen molar-refractivity contribution in [3.8, 4) is 0 Å². The second-order valence-corrected chi connectivity index (χ2v) is 4.87. The molecule has 2 aromatic heterocycles. The molecule has 0 aliphatic rings. The summed E-state index contributed by atoms with van der Waals surface area (Å²) in [6, 6.07) is 0. The van der Waals surface area contributed by atoms with Crippen LogP contribution >= 0.6 is 23.3 Å². The van der Waals surface area contributed by atoms with Gasteiger partial charge in [-0.1, -0.05) is 0 Å². The standard InChI is InChI=1S/C7H6N6O2S2/c1-3-10-7(17-12-3)16-5-4(13(14)15)2-9-6(8)11-5/h2H,1H3,(H2,8,9,11). The molecule has 8 nitrogen and oxygen atoms in total. The maximum Gasteiger partial charge on any atom is 0.320 e. The highest BCUT2D eigenvalue weighted by atomic mass is 32.2. The molecule has 0 fully saturated rings. The lowest BCUT2D eigenvalue weighted by molar-refractivity contribution is -0.388. The van der Waals surface area contributed by atoms with Crippen molar-refractivity contribution < 1.29 is 4.92 Å².